The second kappa shape index (κ2) is 6.78. The number of benzene rings is 1. The third kappa shape index (κ3) is 3.73. The third-order valence-electron chi connectivity index (χ3n) is 2.86. The molecular weight excluding hydrogens is 248 g/mol. The fourth-order valence-electron chi connectivity index (χ4n) is 1.79. The Hall–Kier alpha value is -1.04. The Morgan fingerprint density at radius 1 is 1.50 bits per heavy atom. The van der Waals surface area contributed by atoms with E-state index < -0.39 is 0 Å². The summed E-state index contributed by atoms with van der Waals surface area (Å²) in [6.07, 6.45) is 2.05. The van der Waals surface area contributed by atoms with Crippen molar-refractivity contribution in [1.29, 1.82) is 0 Å². The molecule has 1 saturated heterocycles. The molecule has 1 aromatic carbocycles. The summed E-state index contributed by atoms with van der Waals surface area (Å²) in [7, 11) is 0. The molecule has 1 fully saturated rings. The number of carbonyl (C=O) groups excluding carboxylic acids is 1. The first-order chi connectivity index (χ1) is 8.79. The highest BCUT2D eigenvalue weighted by atomic mass is 32.2. The maximum absolute atomic E-state index is 11.8. The van der Waals surface area contributed by atoms with Gasteiger partial charge in [-0.15, -0.1) is 11.8 Å². The molecule has 18 heavy (non-hydrogen) atoms. The maximum atomic E-state index is 11.8. The van der Waals surface area contributed by atoms with Crippen LogP contribution in [0.1, 0.15) is 5.56 Å². The van der Waals surface area contributed by atoms with E-state index in [1.54, 1.807) is 11.8 Å². The van der Waals surface area contributed by atoms with Crippen molar-refractivity contribution >= 4 is 17.7 Å². The van der Waals surface area contributed by atoms with Crippen molar-refractivity contribution in [3.8, 4) is 0 Å². The highest BCUT2D eigenvalue weighted by Gasteiger charge is 2.20. The Labute approximate surface area is 111 Å². The van der Waals surface area contributed by atoms with Crippen LogP contribution in [0.3, 0.4) is 0 Å². The Morgan fingerprint density at radius 3 is 2.89 bits per heavy atom. The summed E-state index contributed by atoms with van der Waals surface area (Å²) in [5.74, 6) is 0.00337. The number of hydrogen-bond donors (Lipinski definition) is 2. The highest BCUT2D eigenvalue weighted by molar-refractivity contribution is 7.98. The zero-order valence-electron chi connectivity index (χ0n) is 10.4. The predicted octanol–water partition coefficient (Wildman–Crippen LogP) is 1.01. The molecule has 2 rings (SSSR count). The minimum absolute atomic E-state index is 0.00337. The van der Waals surface area contributed by atoms with Gasteiger partial charge >= 0.3 is 0 Å². The summed E-state index contributed by atoms with van der Waals surface area (Å²) < 4.78 is 5.26. The van der Waals surface area contributed by atoms with Gasteiger partial charge in [-0.05, 0) is 24.0 Å². The van der Waals surface area contributed by atoms with Crippen LogP contribution in [0.5, 0.6) is 0 Å². The van der Waals surface area contributed by atoms with Gasteiger partial charge < -0.3 is 15.4 Å². The van der Waals surface area contributed by atoms with E-state index in [2.05, 4.69) is 22.8 Å². The fourth-order valence-corrected chi connectivity index (χ4v) is 2.20. The maximum Gasteiger partial charge on any atom is 0.239 e. The second-order valence-corrected chi connectivity index (χ2v) is 5.03. The first kappa shape index (κ1) is 13.4. The minimum Gasteiger partial charge on any atom is -0.378 e. The Kier molecular flexibility index (Phi) is 5.04. The molecule has 0 radical (unpaired) electrons. The van der Waals surface area contributed by atoms with E-state index in [1.807, 2.05) is 18.4 Å². The molecule has 98 valence electrons. The molecule has 1 aromatic rings. The number of nitrogens with one attached hydrogen (secondary N) is 2. The van der Waals surface area contributed by atoms with Gasteiger partial charge in [-0.25, -0.2) is 0 Å². The quantitative estimate of drug-likeness (QED) is 0.799. The number of amides is 1. The summed E-state index contributed by atoms with van der Waals surface area (Å²) in [6.45, 7) is 2.43. The van der Waals surface area contributed by atoms with Crippen molar-refractivity contribution in [2.75, 3.05) is 26.0 Å². The van der Waals surface area contributed by atoms with Gasteiger partial charge in [0.05, 0.1) is 13.2 Å². The summed E-state index contributed by atoms with van der Waals surface area (Å²) in [5.41, 5.74) is 1.11. The average molecular weight is 266 g/mol. The Morgan fingerprint density at radius 2 is 2.28 bits per heavy atom. The van der Waals surface area contributed by atoms with Crippen LogP contribution in [0.2, 0.25) is 0 Å². The van der Waals surface area contributed by atoms with Crippen LogP contribution in [-0.4, -0.2) is 38.0 Å². The van der Waals surface area contributed by atoms with Gasteiger partial charge in [0.25, 0.3) is 0 Å². The Bertz CT molecular complexity index is 388. The van der Waals surface area contributed by atoms with E-state index in [1.165, 1.54) is 4.90 Å². The topological polar surface area (TPSA) is 50.4 Å². The molecular formula is C13H18N2O2S. The molecule has 0 spiro atoms. The van der Waals surface area contributed by atoms with Crippen molar-refractivity contribution in [1.82, 2.24) is 10.6 Å². The van der Waals surface area contributed by atoms with Gasteiger partial charge in [0.15, 0.2) is 0 Å². The molecule has 0 bridgehead atoms. The van der Waals surface area contributed by atoms with Gasteiger partial charge in [0, 0.05) is 18.0 Å². The summed E-state index contributed by atoms with van der Waals surface area (Å²) in [4.78, 5) is 13.1. The number of morpholine rings is 1. The zero-order valence-corrected chi connectivity index (χ0v) is 11.3. The lowest BCUT2D eigenvalue weighted by atomic mass is 10.2. The molecule has 0 aliphatic carbocycles. The monoisotopic (exact) mass is 266 g/mol. The standard InChI is InChI=1S/C13H18N2O2S/c1-18-11-4-2-10(3-5-11)8-15-13(16)12-9-17-7-6-14-12/h2-5,12,14H,6-9H2,1H3,(H,15,16). The van der Waals surface area contributed by atoms with Crippen LogP contribution in [-0.2, 0) is 16.1 Å². The molecule has 1 unspecified atom stereocenters. The van der Waals surface area contributed by atoms with Crippen molar-refractivity contribution in [2.45, 2.75) is 17.5 Å². The molecule has 0 saturated carbocycles. The smallest absolute Gasteiger partial charge is 0.239 e. The lowest BCUT2D eigenvalue weighted by Gasteiger charge is -2.22. The van der Waals surface area contributed by atoms with E-state index in [-0.39, 0.29) is 11.9 Å². The second-order valence-electron chi connectivity index (χ2n) is 4.15. The van der Waals surface area contributed by atoms with Gasteiger partial charge in [0.1, 0.15) is 6.04 Å². The van der Waals surface area contributed by atoms with E-state index >= 15 is 0 Å². The van der Waals surface area contributed by atoms with Crippen molar-refractivity contribution in [3.05, 3.63) is 29.8 Å². The van der Waals surface area contributed by atoms with Crippen molar-refractivity contribution < 1.29 is 9.53 Å². The largest absolute Gasteiger partial charge is 0.378 e. The molecule has 5 heteroatoms. The van der Waals surface area contributed by atoms with Crippen LogP contribution in [0.4, 0.5) is 0 Å². The minimum atomic E-state index is -0.218. The first-order valence-electron chi connectivity index (χ1n) is 6.01. The van der Waals surface area contributed by atoms with Crippen LogP contribution >= 0.6 is 11.8 Å². The average Bonchev–Trinajstić information content (AvgIpc) is 2.46. The highest BCUT2D eigenvalue weighted by Crippen LogP contribution is 2.14. The SMILES string of the molecule is CSc1ccc(CNC(=O)C2COCCN2)cc1. The zero-order chi connectivity index (χ0) is 12.8. The van der Waals surface area contributed by atoms with Crippen molar-refractivity contribution in [2.24, 2.45) is 0 Å². The van der Waals surface area contributed by atoms with E-state index in [0.717, 1.165) is 12.1 Å². The summed E-state index contributed by atoms with van der Waals surface area (Å²) >= 11 is 1.71. The number of rotatable bonds is 4. The van der Waals surface area contributed by atoms with Crippen LogP contribution in [0.25, 0.3) is 0 Å². The first-order valence-corrected chi connectivity index (χ1v) is 7.24. The lowest BCUT2D eigenvalue weighted by Crippen LogP contribution is -2.51. The molecule has 1 amide bonds. The fraction of sp³-hybridized carbons (Fsp3) is 0.462. The predicted molar refractivity (Wildman–Crippen MR) is 72.7 cm³/mol. The molecule has 1 aliphatic heterocycles. The molecule has 1 aliphatic rings. The molecule has 1 heterocycles. The third-order valence-corrected chi connectivity index (χ3v) is 3.61. The van der Waals surface area contributed by atoms with Gasteiger partial charge in [-0.2, -0.15) is 0 Å². The molecule has 0 aromatic heterocycles. The summed E-state index contributed by atoms with van der Waals surface area (Å²) in [5, 5.41) is 6.05. The lowest BCUT2D eigenvalue weighted by molar-refractivity contribution is -0.126. The molecule has 2 N–H and O–H groups in total. The van der Waals surface area contributed by atoms with Gasteiger partial charge in [-0.1, -0.05) is 12.1 Å². The van der Waals surface area contributed by atoms with Crippen LogP contribution in [0, 0.1) is 0 Å². The van der Waals surface area contributed by atoms with Crippen LogP contribution < -0.4 is 10.6 Å². The number of hydrogen-bond acceptors (Lipinski definition) is 4. The van der Waals surface area contributed by atoms with Gasteiger partial charge in [-0.3, -0.25) is 4.79 Å². The number of carbonyl (C=O) groups is 1. The van der Waals surface area contributed by atoms with Gasteiger partial charge in [0.2, 0.25) is 5.91 Å². The van der Waals surface area contributed by atoms with E-state index in [4.69, 9.17) is 4.74 Å². The van der Waals surface area contributed by atoms with Crippen molar-refractivity contribution in [3.63, 3.8) is 0 Å². The number of thioether (sulfide) groups is 1. The van der Waals surface area contributed by atoms with Crippen LogP contribution in [0.15, 0.2) is 29.2 Å². The Balaban J connectivity index is 1.80. The summed E-state index contributed by atoms with van der Waals surface area (Å²) in [6, 6.07) is 7.99. The van der Waals surface area contributed by atoms with E-state index in [0.29, 0.717) is 19.8 Å². The molecule has 4 nitrogen and oxygen atoms in total. The normalized spacial score (nSPS) is 19.5. The van der Waals surface area contributed by atoms with E-state index in [9.17, 15) is 4.79 Å². The number of ether oxygens (including phenoxy) is 1. The molecule has 1 atom stereocenters.